The minimum atomic E-state index is -0.835. The van der Waals surface area contributed by atoms with E-state index in [9.17, 15) is 9.59 Å². The molecule has 1 aromatic heterocycles. The maximum atomic E-state index is 12.9. The van der Waals surface area contributed by atoms with Crippen LogP contribution in [0.25, 0.3) is 11.0 Å². The number of carbonyl (C=O) groups excluding carboxylic acids is 1. The summed E-state index contributed by atoms with van der Waals surface area (Å²) in [5, 5.41) is 19.7. The fourth-order valence-electron chi connectivity index (χ4n) is 4.18. The van der Waals surface area contributed by atoms with Gasteiger partial charge in [0.1, 0.15) is 11.0 Å². The van der Waals surface area contributed by atoms with Crippen LogP contribution in [0.2, 0.25) is 0 Å². The van der Waals surface area contributed by atoms with Crippen molar-refractivity contribution in [3.05, 3.63) is 23.8 Å². The minimum absolute atomic E-state index is 0.0245. The van der Waals surface area contributed by atoms with Gasteiger partial charge in [0.15, 0.2) is 0 Å². The summed E-state index contributed by atoms with van der Waals surface area (Å²) in [4.78, 5) is 29.6. The number of aromatic nitrogens is 3. The Morgan fingerprint density at radius 3 is 2.48 bits per heavy atom. The molecule has 0 aliphatic carbocycles. The zero-order chi connectivity index (χ0) is 19.0. The number of H-pyrrole nitrogens is 1. The van der Waals surface area contributed by atoms with Gasteiger partial charge in [0.05, 0.1) is 0 Å². The second-order valence-corrected chi connectivity index (χ2v) is 7.39. The minimum Gasteiger partial charge on any atom is -0.465 e. The number of fused-ring (bicyclic) bond motifs is 1. The summed E-state index contributed by atoms with van der Waals surface area (Å²) < 4.78 is 0. The third-order valence-electron chi connectivity index (χ3n) is 5.90. The number of carboxylic acid groups (broad SMARTS) is 1. The molecule has 0 bridgehead atoms. The number of hydrogen-bond acceptors (Lipinski definition) is 5. The van der Waals surface area contributed by atoms with Crippen molar-refractivity contribution < 1.29 is 14.7 Å². The molecule has 2 aliphatic rings. The number of carbonyl (C=O) groups is 2. The summed E-state index contributed by atoms with van der Waals surface area (Å²) >= 11 is 0. The lowest BCUT2D eigenvalue weighted by Gasteiger charge is -2.38. The molecule has 3 heterocycles. The summed E-state index contributed by atoms with van der Waals surface area (Å²) in [5.74, 6) is 0.0245. The van der Waals surface area contributed by atoms with Gasteiger partial charge in [-0.25, -0.2) is 4.79 Å². The fraction of sp³-hybridized carbons (Fsp3) is 0.556. The Kier molecular flexibility index (Phi) is 4.69. The number of benzene rings is 1. The Morgan fingerprint density at radius 1 is 1.07 bits per heavy atom. The van der Waals surface area contributed by atoms with Crippen LogP contribution >= 0.6 is 0 Å². The summed E-state index contributed by atoms with van der Waals surface area (Å²) in [7, 11) is 2.10. The Hall–Kier alpha value is -2.68. The molecule has 0 saturated carbocycles. The predicted octanol–water partition coefficient (Wildman–Crippen LogP) is 1.25. The molecule has 1 unspecified atom stereocenters. The number of nitrogens with zero attached hydrogens (tertiary/aromatic N) is 5. The molecule has 9 heteroatoms. The normalized spacial score (nSPS) is 21.3. The number of hydrogen-bond donors (Lipinski definition) is 2. The first kappa shape index (κ1) is 17.7. The largest absolute Gasteiger partial charge is 0.465 e. The Bertz CT molecular complexity index is 844. The van der Waals surface area contributed by atoms with Gasteiger partial charge in [-0.05, 0) is 44.5 Å². The number of piperidine rings is 1. The van der Waals surface area contributed by atoms with E-state index in [0.29, 0.717) is 42.8 Å². The van der Waals surface area contributed by atoms with E-state index < -0.39 is 6.09 Å². The van der Waals surface area contributed by atoms with Crippen molar-refractivity contribution in [2.24, 2.45) is 0 Å². The first-order valence-corrected chi connectivity index (χ1v) is 9.32. The van der Waals surface area contributed by atoms with Crippen molar-refractivity contribution in [3.8, 4) is 0 Å². The fourth-order valence-corrected chi connectivity index (χ4v) is 4.18. The van der Waals surface area contributed by atoms with Crippen molar-refractivity contribution in [1.29, 1.82) is 0 Å². The quantitative estimate of drug-likeness (QED) is 0.840. The summed E-state index contributed by atoms with van der Waals surface area (Å²) in [5.41, 5.74) is 2.08. The third-order valence-corrected chi connectivity index (χ3v) is 5.90. The van der Waals surface area contributed by atoms with Gasteiger partial charge in [-0.1, -0.05) is 0 Å². The van der Waals surface area contributed by atoms with Crippen LogP contribution < -0.4 is 0 Å². The molecular weight excluding hydrogens is 348 g/mol. The number of likely N-dealkylation sites (tertiary alicyclic amines) is 2. The van der Waals surface area contributed by atoms with Gasteiger partial charge in [-0.15, -0.1) is 0 Å². The van der Waals surface area contributed by atoms with Crippen LogP contribution in [0.5, 0.6) is 0 Å². The zero-order valence-corrected chi connectivity index (χ0v) is 15.3. The highest BCUT2D eigenvalue weighted by molar-refractivity contribution is 5.97. The first-order valence-electron chi connectivity index (χ1n) is 9.32. The van der Waals surface area contributed by atoms with E-state index in [2.05, 4.69) is 27.4 Å². The van der Waals surface area contributed by atoms with E-state index in [-0.39, 0.29) is 5.91 Å². The topological polar surface area (TPSA) is 106 Å². The van der Waals surface area contributed by atoms with Gasteiger partial charge in [-0.3, -0.25) is 9.69 Å². The van der Waals surface area contributed by atoms with Crippen LogP contribution in [0.1, 0.15) is 29.6 Å². The molecule has 2 saturated heterocycles. The highest BCUT2D eigenvalue weighted by Gasteiger charge is 2.34. The lowest BCUT2D eigenvalue weighted by atomic mass is 10.0. The zero-order valence-electron chi connectivity index (χ0n) is 15.3. The molecule has 2 aliphatic heterocycles. The van der Waals surface area contributed by atoms with Gasteiger partial charge in [0, 0.05) is 43.8 Å². The average molecular weight is 372 g/mol. The van der Waals surface area contributed by atoms with Crippen LogP contribution in [0.4, 0.5) is 4.79 Å². The maximum absolute atomic E-state index is 12.9. The Labute approximate surface area is 156 Å². The van der Waals surface area contributed by atoms with Gasteiger partial charge in [0.2, 0.25) is 0 Å². The van der Waals surface area contributed by atoms with Gasteiger partial charge >= 0.3 is 6.09 Å². The van der Waals surface area contributed by atoms with Crippen molar-refractivity contribution in [3.63, 3.8) is 0 Å². The highest BCUT2D eigenvalue weighted by atomic mass is 16.4. The molecule has 2 fully saturated rings. The molecule has 1 atom stereocenters. The summed E-state index contributed by atoms with van der Waals surface area (Å²) in [6.45, 7) is 2.60. The van der Waals surface area contributed by atoms with Gasteiger partial charge in [0.25, 0.3) is 5.91 Å². The van der Waals surface area contributed by atoms with Crippen molar-refractivity contribution in [2.75, 3.05) is 33.2 Å². The lowest BCUT2D eigenvalue weighted by Crippen LogP contribution is -2.49. The van der Waals surface area contributed by atoms with Gasteiger partial charge < -0.3 is 14.9 Å². The van der Waals surface area contributed by atoms with Crippen LogP contribution in [0, 0.1) is 0 Å². The third kappa shape index (κ3) is 3.46. The van der Waals surface area contributed by atoms with Crippen molar-refractivity contribution in [1.82, 2.24) is 30.1 Å². The number of rotatable bonds is 3. The average Bonchev–Trinajstić information content (AvgIpc) is 3.35. The standard InChI is InChI=1S/C18H24N6O3/c1-22(13-4-7-23(8-5-13)18(26)27)14-6-9-24(11-14)17(25)12-2-3-15-16(10-12)20-21-19-15/h2-3,10,13-14H,4-9,11H2,1H3,(H,26,27)(H,19,20,21). The van der Waals surface area contributed by atoms with Crippen LogP contribution in [0.3, 0.4) is 0 Å². The van der Waals surface area contributed by atoms with Crippen LogP contribution in [-0.2, 0) is 0 Å². The smallest absolute Gasteiger partial charge is 0.407 e. The number of amides is 2. The van der Waals surface area contributed by atoms with E-state index in [0.717, 1.165) is 31.3 Å². The van der Waals surface area contributed by atoms with Crippen molar-refractivity contribution >= 4 is 23.0 Å². The van der Waals surface area contributed by atoms with Crippen LogP contribution in [-0.4, -0.2) is 92.5 Å². The first-order chi connectivity index (χ1) is 13.0. The molecule has 2 aromatic rings. The van der Waals surface area contributed by atoms with E-state index in [1.165, 1.54) is 4.90 Å². The number of aromatic amines is 1. The van der Waals surface area contributed by atoms with E-state index in [4.69, 9.17) is 5.11 Å². The monoisotopic (exact) mass is 372 g/mol. The molecule has 0 spiro atoms. The molecule has 2 amide bonds. The lowest BCUT2D eigenvalue weighted by molar-refractivity contribution is 0.0732. The van der Waals surface area contributed by atoms with E-state index in [1.807, 2.05) is 11.0 Å². The van der Waals surface area contributed by atoms with Gasteiger partial charge in [-0.2, -0.15) is 15.4 Å². The SMILES string of the molecule is CN(C1CCN(C(=O)O)CC1)C1CCN(C(=O)c2ccc3n[nH]nc3c2)C1. The van der Waals surface area contributed by atoms with Crippen LogP contribution in [0.15, 0.2) is 18.2 Å². The Balaban J connectivity index is 1.36. The number of likely N-dealkylation sites (N-methyl/N-ethyl adjacent to an activating group) is 1. The molecule has 4 rings (SSSR count). The summed E-state index contributed by atoms with van der Waals surface area (Å²) in [6, 6.07) is 6.06. The molecule has 27 heavy (non-hydrogen) atoms. The highest BCUT2D eigenvalue weighted by Crippen LogP contribution is 2.24. The second-order valence-electron chi connectivity index (χ2n) is 7.39. The molecular formula is C18H24N6O3. The molecule has 9 nitrogen and oxygen atoms in total. The van der Waals surface area contributed by atoms with Crippen molar-refractivity contribution in [2.45, 2.75) is 31.3 Å². The molecule has 1 aromatic carbocycles. The molecule has 2 N–H and O–H groups in total. The number of nitrogens with one attached hydrogen (secondary N) is 1. The van der Waals surface area contributed by atoms with E-state index >= 15 is 0 Å². The second kappa shape index (κ2) is 7.15. The maximum Gasteiger partial charge on any atom is 0.407 e. The Morgan fingerprint density at radius 2 is 1.74 bits per heavy atom. The summed E-state index contributed by atoms with van der Waals surface area (Å²) in [6.07, 6.45) is 1.79. The predicted molar refractivity (Wildman–Crippen MR) is 98.6 cm³/mol. The molecule has 0 radical (unpaired) electrons. The van der Waals surface area contributed by atoms with E-state index in [1.54, 1.807) is 12.1 Å². The molecule has 144 valence electrons.